The van der Waals surface area contributed by atoms with Crippen LogP contribution in [0.25, 0.3) is 0 Å². The largest absolute Gasteiger partial charge is 0.492 e. The molecule has 0 unspecified atom stereocenters. The molecule has 0 atom stereocenters. The van der Waals surface area contributed by atoms with Gasteiger partial charge in [-0.3, -0.25) is 0 Å². The van der Waals surface area contributed by atoms with Crippen molar-refractivity contribution in [3.63, 3.8) is 0 Å². The van der Waals surface area contributed by atoms with Crippen molar-refractivity contribution in [3.8, 4) is 5.75 Å². The molecule has 3 rings (SSSR count). The van der Waals surface area contributed by atoms with Gasteiger partial charge in [-0.25, -0.2) is 4.79 Å². The lowest BCUT2D eigenvalue weighted by atomic mass is 10.2. The van der Waals surface area contributed by atoms with Crippen LogP contribution < -0.4 is 15.0 Å². The standard InChI is InChI=1S/C19H25N3O2S/c1-3-24-17-7-5-4-6-16(17)21-9-11-22(12-10-21)19(23)20-14-18-15(2)8-13-25-18/h4-8,13H,3,9-12,14H2,1-2H3,(H,20,23). The number of ether oxygens (including phenoxy) is 1. The Balaban J connectivity index is 1.53. The molecule has 1 aliphatic heterocycles. The lowest BCUT2D eigenvalue weighted by Crippen LogP contribution is -2.51. The quantitative estimate of drug-likeness (QED) is 0.889. The summed E-state index contributed by atoms with van der Waals surface area (Å²) in [5.74, 6) is 0.913. The number of thiophene rings is 1. The number of piperazine rings is 1. The maximum atomic E-state index is 12.4. The summed E-state index contributed by atoms with van der Waals surface area (Å²) in [4.78, 5) is 17.8. The molecule has 1 aromatic carbocycles. The lowest BCUT2D eigenvalue weighted by Gasteiger charge is -2.36. The van der Waals surface area contributed by atoms with Crippen LogP contribution in [0.5, 0.6) is 5.75 Å². The minimum absolute atomic E-state index is 0.0190. The molecule has 134 valence electrons. The molecule has 2 amide bonds. The summed E-state index contributed by atoms with van der Waals surface area (Å²) in [5, 5.41) is 5.10. The minimum Gasteiger partial charge on any atom is -0.492 e. The molecule has 2 aromatic rings. The van der Waals surface area contributed by atoms with E-state index in [9.17, 15) is 4.79 Å². The summed E-state index contributed by atoms with van der Waals surface area (Å²) in [7, 11) is 0. The third kappa shape index (κ3) is 4.25. The number of carbonyl (C=O) groups is 1. The third-order valence-electron chi connectivity index (χ3n) is 4.44. The van der Waals surface area contributed by atoms with E-state index in [2.05, 4.69) is 34.7 Å². The van der Waals surface area contributed by atoms with E-state index < -0.39 is 0 Å². The highest BCUT2D eigenvalue weighted by molar-refractivity contribution is 7.10. The van der Waals surface area contributed by atoms with Crippen LogP contribution in [-0.2, 0) is 6.54 Å². The number of hydrogen-bond donors (Lipinski definition) is 1. The van der Waals surface area contributed by atoms with Crippen LogP contribution in [0.2, 0.25) is 0 Å². The van der Waals surface area contributed by atoms with Crippen LogP contribution in [0.15, 0.2) is 35.7 Å². The number of amides is 2. The molecule has 1 saturated heterocycles. The molecule has 6 heteroatoms. The molecule has 1 aromatic heterocycles. The Labute approximate surface area is 153 Å². The van der Waals surface area contributed by atoms with Gasteiger partial charge in [0.25, 0.3) is 0 Å². The van der Waals surface area contributed by atoms with E-state index in [0.717, 1.165) is 37.6 Å². The van der Waals surface area contributed by atoms with Crippen molar-refractivity contribution in [2.24, 2.45) is 0 Å². The Morgan fingerprint density at radius 1 is 1.20 bits per heavy atom. The number of hydrogen-bond acceptors (Lipinski definition) is 4. The predicted octanol–water partition coefficient (Wildman–Crippen LogP) is 3.49. The van der Waals surface area contributed by atoms with E-state index in [1.54, 1.807) is 11.3 Å². The molecule has 0 bridgehead atoms. The van der Waals surface area contributed by atoms with Crippen LogP contribution >= 0.6 is 11.3 Å². The molecule has 5 nitrogen and oxygen atoms in total. The van der Waals surface area contributed by atoms with Gasteiger partial charge in [0, 0.05) is 31.1 Å². The fourth-order valence-corrected chi connectivity index (χ4v) is 3.85. The Bertz CT molecular complexity index is 708. The van der Waals surface area contributed by atoms with Crippen molar-refractivity contribution in [3.05, 3.63) is 46.2 Å². The average molecular weight is 359 g/mol. The molecule has 1 aliphatic rings. The fourth-order valence-electron chi connectivity index (χ4n) is 3.00. The van der Waals surface area contributed by atoms with Crippen LogP contribution in [0.3, 0.4) is 0 Å². The van der Waals surface area contributed by atoms with E-state index in [-0.39, 0.29) is 6.03 Å². The van der Waals surface area contributed by atoms with Gasteiger partial charge in [0.1, 0.15) is 5.75 Å². The number of carbonyl (C=O) groups excluding carboxylic acids is 1. The van der Waals surface area contributed by atoms with Crippen LogP contribution in [0, 0.1) is 6.92 Å². The molecule has 1 N–H and O–H groups in total. The molecular weight excluding hydrogens is 334 g/mol. The molecule has 0 aliphatic carbocycles. The average Bonchev–Trinajstić information content (AvgIpc) is 3.05. The fraction of sp³-hybridized carbons (Fsp3) is 0.421. The van der Waals surface area contributed by atoms with Gasteiger partial charge < -0.3 is 19.9 Å². The molecular formula is C19H25N3O2S. The number of para-hydroxylation sites is 2. The van der Waals surface area contributed by atoms with Gasteiger partial charge >= 0.3 is 6.03 Å². The zero-order valence-electron chi connectivity index (χ0n) is 14.8. The first-order chi connectivity index (χ1) is 12.2. The first-order valence-corrected chi connectivity index (χ1v) is 9.59. The second-order valence-corrected chi connectivity index (χ2v) is 7.06. The second kappa shape index (κ2) is 8.25. The highest BCUT2D eigenvalue weighted by Crippen LogP contribution is 2.28. The highest BCUT2D eigenvalue weighted by Gasteiger charge is 2.22. The van der Waals surface area contributed by atoms with Crippen molar-refractivity contribution >= 4 is 23.1 Å². The van der Waals surface area contributed by atoms with Gasteiger partial charge in [-0.1, -0.05) is 12.1 Å². The zero-order chi connectivity index (χ0) is 17.6. The van der Waals surface area contributed by atoms with Gasteiger partial charge in [0.2, 0.25) is 0 Å². The summed E-state index contributed by atoms with van der Waals surface area (Å²) in [5.41, 5.74) is 2.35. The van der Waals surface area contributed by atoms with Gasteiger partial charge in [-0.15, -0.1) is 11.3 Å². The van der Waals surface area contributed by atoms with Crippen LogP contribution in [-0.4, -0.2) is 43.7 Å². The number of nitrogens with one attached hydrogen (secondary N) is 1. The summed E-state index contributed by atoms with van der Waals surface area (Å²) in [6.07, 6.45) is 0. The van der Waals surface area contributed by atoms with Gasteiger partial charge in [-0.05, 0) is 43.0 Å². The molecule has 0 radical (unpaired) electrons. The van der Waals surface area contributed by atoms with Gasteiger partial charge in [-0.2, -0.15) is 0 Å². The van der Waals surface area contributed by atoms with E-state index in [1.807, 2.05) is 30.0 Å². The van der Waals surface area contributed by atoms with Crippen molar-refractivity contribution in [1.82, 2.24) is 10.2 Å². The Morgan fingerprint density at radius 2 is 1.96 bits per heavy atom. The van der Waals surface area contributed by atoms with E-state index in [0.29, 0.717) is 13.2 Å². The minimum atomic E-state index is 0.0190. The normalized spacial score (nSPS) is 14.5. The first kappa shape index (κ1) is 17.6. The van der Waals surface area contributed by atoms with Crippen LogP contribution in [0.4, 0.5) is 10.5 Å². The number of aryl methyl sites for hydroxylation is 1. The molecule has 25 heavy (non-hydrogen) atoms. The van der Waals surface area contributed by atoms with Crippen molar-refractivity contribution in [2.45, 2.75) is 20.4 Å². The van der Waals surface area contributed by atoms with Crippen molar-refractivity contribution in [1.29, 1.82) is 0 Å². The van der Waals surface area contributed by atoms with Crippen molar-refractivity contribution in [2.75, 3.05) is 37.7 Å². The highest BCUT2D eigenvalue weighted by atomic mass is 32.1. The number of urea groups is 1. The van der Waals surface area contributed by atoms with E-state index in [1.165, 1.54) is 10.4 Å². The predicted molar refractivity (Wildman–Crippen MR) is 103 cm³/mol. The second-order valence-electron chi connectivity index (χ2n) is 6.06. The van der Waals surface area contributed by atoms with E-state index >= 15 is 0 Å². The van der Waals surface area contributed by atoms with E-state index in [4.69, 9.17) is 4.74 Å². The number of nitrogens with zero attached hydrogens (tertiary/aromatic N) is 2. The molecule has 0 spiro atoms. The third-order valence-corrected chi connectivity index (χ3v) is 5.46. The zero-order valence-corrected chi connectivity index (χ0v) is 15.6. The summed E-state index contributed by atoms with van der Waals surface area (Å²) < 4.78 is 5.72. The molecule has 0 saturated carbocycles. The first-order valence-electron chi connectivity index (χ1n) is 8.71. The maximum absolute atomic E-state index is 12.4. The van der Waals surface area contributed by atoms with Crippen LogP contribution in [0.1, 0.15) is 17.4 Å². The van der Waals surface area contributed by atoms with Crippen molar-refractivity contribution < 1.29 is 9.53 Å². The summed E-state index contributed by atoms with van der Waals surface area (Å²) >= 11 is 1.69. The molecule has 1 fully saturated rings. The van der Waals surface area contributed by atoms with Gasteiger partial charge in [0.15, 0.2) is 0 Å². The number of benzene rings is 1. The summed E-state index contributed by atoms with van der Waals surface area (Å²) in [6.45, 7) is 8.40. The topological polar surface area (TPSA) is 44.8 Å². The van der Waals surface area contributed by atoms with Gasteiger partial charge in [0.05, 0.1) is 18.8 Å². The smallest absolute Gasteiger partial charge is 0.317 e. The Kier molecular flexibility index (Phi) is 5.81. The Hall–Kier alpha value is -2.21. The lowest BCUT2D eigenvalue weighted by molar-refractivity contribution is 0.194. The Morgan fingerprint density at radius 3 is 2.64 bits per heavy atom. The monoisotopic (exact) mass is 359 g/mol. The maximum Gasteiger partial charge on any atom is 0.317 e. The summed E-state index contributed by atoms with van der Waals surface area (Å²) in [6, 6.07) is 10.2. The number of rotatable bonds is 5. The SMILES string of the molecule is CCOc1ccccc1N1CCN(C(=O)NCc2sccc2C)CC1. The number of anilines is 1. The molecule has 2 heterocycles.